The largest absolute Gasteiger partial charge is 0.480 e. The lowest BCUT2D eigenvalue weighted by atomic mass is 9.81. The number of hydrogen-bond acceptors (Lipinski definition) is 4. The zero-order chi connectivity index (χ0) is 31.1. The molecule has 0 spiro atoms. The quantitative estimate of drug-likeness (QED) is 0.246. The second-order valence-electron chi connectivity index (χ2n) is 12.4. The molecule has 2 heterocycles. The number of likely N-dealkylation sites (tertiary alicyclic amines) is 1. The fourth-order valence-corrected chi connectivity index (χ4v) is 7.43. The first-order valence-electron chi connectivity index (χ1n) is 15.6. The van der Waals surface area contributed by atoms with Crippen LogP contribution in [-0.2, 0) is 17.6 Å². The molecule has 7 heteroatoms. The Morgan fingerprint density at radius 3 is 2.48 bits per heavy atom. The van der Waals surface area contributed by atoms with Gasteiger partial charge >= 0.3 is 5.97 Å². The van der Waals surface area contributed by atoms with Crippen LogP contribution in [0.15, 0.2) is 54.7 Å². The van der Waals surface area contributed by atoms with Crippen molar-refractivity contribution in [2.45, 2.75) is 71.6 Å². The van der Waals surface area contributed by atoms with Gasteiger partial charge in [0.25, 0.3) is 0 Å². The lowest BCUT2D eigenvalue weighted by molar-refractivity contribution is -0.129. The third-order valence-corrected chi connectivity index (χ3v) is 10.1. The number of rotatable bonds is 7. The molecule has 1 aliphatic heterocycles. The minimum absolute atomic E-state index is 0.0381. The second kappa shape index (κ2) is 11.9. The maximum absolute atomic E-state index is 11.8. The molecule has 44 heavy (non-hydrogen) atoms. The smallest absolute Gasteiger partial charge is 0.342 e. The van der Waals surface area contributed by atoms with E-state index in [0.717, 1.165) is 62.0 Å². The summed E-state index contributed by atoms with van der Waals surface area (Å²) < 4.78 is 7.06. The average Bonchev–Trinajstić information content (AvgIpc) is 3.64. The Morgan fingerprint density at radius 1 is 1.00 bits per heavy atom. The summed E-state index contributed by atoms with van der Waals surface area (Å²) in [7, 11) is 1.47. The highest BCUT2D eigenvalue weighted by molar-refractivity contribution is 5.90. The van der Waals surface area contributed by atoms with E-state index in [4.69, 9.17) is 4.74 Å². The number of hydrogen-bond donors (Lipinski definition) is 1. The minimum Gasteiger partial charge on any atom is -0.480 e. The van der Waals surface area contributed by atoms with Gasteiger partial charge in [0, 0.05) is 20.0 Å². The molecular formula is C37H41N3O4. The normalized spacial score (nSPS) is 16.7. The number of fused-ring (bicyclic) bond motifs is 1. The molecule has 4 aromatic rings. The maximum Gasteiger partial charge on any atom is 0.342 e. The molecule has 1 aromatic heterocycles. The van der Waals surface area contributed by atoms with Gasteiger partial charge in [-0.15, -0.1) is 0 Å². The van der Waals surface area contributed by atoms with E-state index in [1.165, 1.54) is 52.3 Å². The number of aryl methyl sites for hydroxylation is 2. The van der Waals surface area contributed by atoms with E-state index in [0.29, 0.717) is 11.8 Å². The monoisotopic (exact) mass is 591 g/mol. The zero-order valence-electron chi connectivity index (χ0n) is 26.3. The first-order chi connectivity index (χ1) is 21.2. The van der Waals surface area contributed by atoms with Crippen molar-refractivity contribution >= 4 is 11.9 Å². The van der Waals surface area contributed by atoms with Crippen LogP contribution < -0.4 is 4.74 Å². The van der Waals surface area contributed by atoms with Crippen molar-refractivity contribution in [2.75, 3.05) is 20.2 Å². The summed E-state index contributed by atoms with van der Waals surface area (Å²) in [6, 6.07) is 17.6. The molecule has 2 aliphatic rings. The van der Waals surface area contributed by atoms with Crippen LogP contribution in [0.25, 0.3) is 16.8 Å². The van der Waals surface area contributed by atoms with E-state index in [-0.39, 0.29) is 17.4 Å². The Hall–Kier alpha value is -4.39. The van der Waals surface area contributed by atoms with Gasteiger partial charge in [0.15, 0.2) is 0 Å². The molecule has 228 valence electrons. The number of methoxy groups -OCH3 is 1. The molecule has 0 saturated carbocycles. The predicted molar refractivity (Wildman–Crippen MR) is 172 cm³/mol. The van der Waals surface area contributed by atoms with E-state index in [1.54, 1.807) is 11.6 Å². The molecule has 0 radical (unpaired) electrons. The molecule has 3 aromatic carbocycles. The molecule has 7 nitrogen and oxygen atoms in total. The van der Waals surface area contributed by atoms with Crippen molar-refractivity contribution in [1.82, 2.24) is 14.7 Å². The van der Waals surface area contributed by atoms with Gasteiger partial charge in [0.2, 0.25) is 11.8 Å². The Bertz CT molecular complexity index is 1750. The number of carboxylic acids is 1. The number of aromatic carboxylic acids is 1. The molecule has 0 bridgehead atoms. The van der Waals surface area contributed by atoms with Gasteiger partial charge in [-0.2, -0.15) is 5.10 Å². The van der Waals surface area contributed by atoms with Crippen molar-refractivity contribution in [3.05, 3.63) is 99.2 Å². The lowest BCUT2D eigenvalue weighted by Gasteiger charge is -2.32. The van der Waals surface area contributed by atoms with Gasteiger partial charge < -0.3 is 14.7 Å². The average molecular weight is 592 g/mol. The first-order valence-corrected chi connectivity index (χ1v) is 15.6. The standard InChI is InChI=1S/C37H41N3O4/c1-22-9-10-29(20-34(22)40-36(44-5)33(21-38-40)37(42)43)32-8-6-7-27-11-12-30(35(27)32)19-28-13-14-31(24(3)23(28)2)26-15-17-39(18-16-26)25(4)41/h6-10,13-14,20-21,26,30H,11-12,15-19H2,1-5H3,(H,42,43). The Morgan fingerprint density at radius 2 is 1.77 bits per heavy atom. The third-order valence-electron chi connectivity index (χ3n) is 10.1. The van der Waals surface area contributed by atoms with Crippen LogP contribution >= 0.6 is 0 Å². The Kier molecular flexibility index (Phi) is 8.06. The van der Waals surface area contributed by atoms with Gasteiger partial charge in [-0.1, -0.05) is 42.5 Å². The summed E-state index contributed by atoms with van der Waals surface area (Å²) in [5.74, 6) is 0.243. The lowest BCUT2D eigenvalue weighted by Crippen LogP contribution is -2.36. The van der Waals surface area contributed by atoms with Crippen LogP contribution in [-0.4, -0.2) is 51.9 Å². The SMILES string of the molecule is COc1c(C(=O)O)cnn1-c1cc(-c2cccc3c2C(Cc2ccc(C4CCN(C(C)=O)CC4)c(C)c2C)CC3)ccc1C. The molecular weight excluding hydrogens is 550 g/mol. The van der Waals surface area contributed by atoms with Crippen LogP contribution in [0, 0.1) is 20.8 Å². The fourth-order valence-electron chi connectivity index (χ4n) is 7.43. The molecule has 1 saturated heterocycles. The van der Waals surface area contributed by atoms with E-state index >= 15 is 0 Å². The summed E-state index contributed by atoms with van der Waals surface area (Å²) in [5, 5.41) is 14.0. The molecule has 1 atom stereocenters. The van der Waals surface area contributed by atoms with Crippen molar-refractivity contribution in [3.8, 4) is 22.7 Å². The minimum atomic E-state index is -1.07. The van der Waals surface area contributed by atoms with Crippen LogP contribution in [0.4, 0.5) is 0 Å². The van der Waals surface area contributed by atoms with Crippen molar-refractivity contribution in [2.24, 2.45) is 0 Å². The number of ether oxygens (including phenoxy) is 1. The second-order valence-corrected chi connectivity index (χ2v) is 12.4. The van der Waals surface area contributed by atoms with Crippen molar-refractivity contribution in [3.63, 3.8) is 0 Å². The summed E-state index contributed by atoms with van der Waals surface area (Å²) in [5.41, 5.74) is 12.6. The number of carboxylic acid groups (broad SMARTS) is 1. The highest BCUT2D eigenvalue weighted by atomic mass is 16.5. The highest BCUT2D eigenvalue weighted by Gasteiger charge is 2.29. The van der Waals surface area contributed by atoms with E-state index in [1.807, 2.05) is 11.8 Å². The van der Waals surface area contributed by atoms with Crippen molar-refractivity contribution in [1.29, 1.82) is 0 Å². The molecule has 1 N–H and O–H groups in total. The van der Waals surface area contributed by atoms with E-state index in [9.17, 15) is 14.7 Å². The molecule has 1 fully saturated rings. The van der Waals surface area contributed by atoms with E-state index in [2.05, 4.69) is 67.5 Å². The first kappa shape index (κ1) is 29.7. The number of carbonyl (C=O) groups excluding carboxylic acids is 1. The van der Waals surface area contributed by atoms with Crippen LogP contribution in [0.2, 0.25) is 0 Å². The maximum atomic E-state index is 11.8. The number of benzene rings is 3. The van der Waals surface area contributed by atoms with Crippen LogP contribution in [0.5, 0.6) is 5.88 Å². The van der Waals surface area contributed by atoms with Gasteiger partial charge in [-0.3, -0.25) is 4.79 Å². The number of aromatic nitrogens is 2. The van der Waals surface area contributed by atoms with E-state index < -0.39 is 5.97 Å². The summed E-state index contributed by atoms with van der Waals surface area (Å²) in [4.78, 5) is 25.5. The van der Waals surface area contributed by atoms with Crippen LogP contribution in [0.1, 0.15) is 87.3 Å². The fraction of sp³-hybridized carbons (Fsp3) is 0.378. The number of nitrogens with zero attached hydrogens (tertiary/aromatic N) is 3. The highest BCUT2D eigenvalue weighted by Crippen LogP contribution is 2.43. The predicted octanol–water partition coefficient (Wildman–Crippen LogP) is 7.17. The molecule has 1 aliphatic carbocycles. The topological polar surface area (TPSA) is 84.7 Å². The number of piperidine rings is 1. The van der Waals surface area contributed by atoms with Gasteiger partial charge in [0.1, 0.15) is 5.56 Å². The number of amides is 1. The Balaban J connectivity index is 1.30. The van der Waals surface area contributed by atoms with Gasteiger partial charge in [-0.05, 0) is 121 Å². The summed E-state index contributed by atoms with van der Waals surface area (Å²) in [6.45, 7) is 9.90. The summed E-state index contributed by atoms with van der Waals surface area (Å²) in [6.07, 6.45) is 6.57. The zero-order valence-corrected chi connectivity index (χ0v) is 26.3. The third kappa shape index (κ3) is 5.29. The Labute approximate surface area is 259 Å². The molecule has 1 unspecified atom stereocenters. The number of carbonyl (C=O) groups is 2. The van der Waals surface area contributed by atoms with Gasteiger partial charge in [0.05, 0.1) is 19.0 Å². The molecule has 1 amide bonds. The van der Waals surface area contributed by atoms with Gasteiger partial charge in [-0.25, -0.2) is 9.48 Å². The van der Waals surface area contributed by atoms with Crippen LogP contribution in [0.3, 0.4) is 0 Å². The summed E-state index contributed by atoms with van der Waals surface area (Å²) >= 11 is 0. The van der Waals surface area contributed by atoms with Crippen molar-refractivity contribution < 1.29 is 19.4 Å². The molecule has 6 rings (SSSR count).